The van der Waals surface area contributed by atoms with Crippen molar-refractivity contribution in [1.29, 1.82) is 0 Å². The highest BCUT2D eigenvalue weighted by atomic mass is 35.5. The molecule has 0 amide bonds. The number of carbonyl (C=O) groups is 1. The summed E-state index contributed by atoms with van der Waals surface area (Å²) in [5.74, 6) is -1.23. The number of carboxylic acids is 1. The molecule has 1 N–H and O–H groups in total. The van der Waals surface area contributed by atoms with E-state index in [1.807, 2.05) is 13.8 Å². The summed E-state index contributed by atoms with van der Waals surface area (Å²) in [6.45, 7) is 4.23. The number of hydrogen-bond acceptors (Lipinski definition) is 2. The quantitative estimate of drug-likeness (QED) is 0.866. The van der Waals surface area contributed by atoms with Crippen LogP contribution < -0.4 is 0 Å². The molecule has 0 saturated heterocycles. The van der Waals surface area contributed by atoms with Crippen LogP contribution in [0.1, 0.15) is 19.4 Å². The van der Waals surface area contributed by atoms with E-state index in [4.69, 9.17) is 16.7 Å². The SMILES string of the molecule is CC(C)N(CCc1c(F)cccc1Cl)CC(=O)O. The zero-order valence-corrected chi connectivity index (χ0v) is 11.2. The number of carboxylic acid groups (broad SMARTS) is 1. The molecule has 0 spiro atoms. The van der Waals surface area contributed by atoms with Gasteiger partial charge in [-0.15, -0.1) is 0 Å². The van der Waals surface area contributed by atoms with Crippen molar-refractivity contribution in [2.75, 3.05) is 13.1 Å². The number of rotatable bonds is 6. The second-order valence-electron chi connectivity index (χ2n) is 4.41. The van der Waals surface area contributed by atoms with Gasteiger partial charge in [-0.1, -0.05) is 17.7 Å². The molecule has 5 heteroatoms. The normalized spacial score (nSPS) is 11.2. The van der Waals surface area contributed by atoms with Crippen LogP contribution in [0, 0.1) is 5.82 Å². The minimum atomic E-state index is -0.886. The molecule has 0 radical (unpaired) electrons. The van der Waals surface area contributed by atoms with Crippen LogP contribution >= 0.6 is 11.6 Å². The van der Waals surface area contributed by atoms with Crippen molar-refractivity contribution in [3.05, 3.63) is 34.6 Å². The Kier molecular flexibility index (Phi) is 5.56. The van der Waals surface area contributed by atoms with E-state index in [0.717, 1.165) is 0 Å². The summed E-state index contributed by atoms with van der Waals surface area (Å²) in [6.07, 6.45) is 0.400. The first-order valence-electron chi connectivity index (χ1n) is 5.80. The number of halogens is 2. The van der Waals surface area contributed by atoms with Crippen molar-refractivity contribution in [3.63, 3.8) is 0 Å². The van der Waals surface area contributed by atoms with E-state index >= 15 is 0 Å². The van der Waals surface area contributed by atoms with Crippen molar-refractivity contribution in [2.45, 2.75) is 26.3 Å². The number of nitrogens with zero attached hydrogens (tertiary/aromatic N) is 1. The third kappa shape index (κ3) is 4.27. The van der Waals surface area contributed by atoms with Gasteiger partial charge < -0.3 is 5.11 Å². The molecule has 3 nitrogen and oxygen atoms in total. The topological polar surface area (TPSA) is 40.5 Å². The zero-order valence-electron chi connectivity index (χ0n) is 10.5. The van der Waals surface area contributed by atoms with Gasteiger partial charge in [0.05, 0.1) is 6.54 Å². The number of hydrogen-bond donors (Lipinski definition) is 1. The fourth-order valence-electron chi connectivity index (χ4n) is 1.72. The van der Waals surface area contributed by atoms with Gasteiger partial charge in [0.2, 0.25) is 0 Å². The third-order valence-electron chi connectivity index (χ3n) is 2.78. The lowest BCUT2D eigenvalue weighted by Gasteiger charge is -2.24. The summed E-state index contributed by atoms with van der Waals surface area (Å²) >= 11 is 5.92. The molecule has 0 aliphatic rings. The molecule has 0 aliphatic heterocycles. The molecule has 1 rings (SSSR count). The first-order chi connectivity index (χ1) is 8.41. The van der Waals surface area contributed by atoms with Crippen molar-refractivity contribution in [2.24, 2.45) is 0 Å². The van der Waals surface area contributed by atoms with E-state index in [9.17, 15) is 9.18 Å². The Morgan fingerprint density at radius 1 is 1.50 bits per heavy atom. The van der Waals surface area contributed by atoms with Gasteiger partial charge in [-0.05, 0) is 32.4 Å². The van der Waals surface area contributed by atoms with Crippen LogP contribution in [-0.2, 0) is 11.2 Å². The summed E-state index contributed by atoms with van der Waals surface area (Å²) in [7, 11) is 0. The van der Waals surface area contributed by atoms with Crippen LogP contribution in [0.15, 0.2) is 18.2 Å². The van der Waals surface area contributed by atoms with Crippen LogP contribution in [0.2, 0.25) is 5.02 Å². The van der Waals surface area contributed by atoms with Crippen LogP contribution in [0.5, 0.6) is 0 Å². The molecule has 18 heavy (non-hydrogen) atoms. The van der Waals surface area contributed by atoms with Crippen LogP contribution in [0.4, 0.5) is 4.39 Å². The molecule has 0 heterocycles. The van der Waals surface area contributed by atoms with E-state index < -0.39 is 5.97 Å². The number of aliphatic carboxylic acids is 1. The Morgan fingerprint density at radius 3 is 2.67 bits per heavy atom. The molecular formula is C13H17ClFNO2. The highest BCUT2D eigenvalue weighted by Gasteiger charge is 2.15. The average molecular weight is 274 g/mol. The minimum absolute atomic E-state index is 0.0518. The molecule has 1 aromatic carbocycles. The van der Waals surface area contributed by atoms with Crippen LogP contribution in [-0.4, -0.2) is 35.1 Å². The van der Waals surface area contributed by atoms with Crippen molar-refractivity contribution < 1.29 is 14.3 Å². The second-order valence-corrected chi connectivity index (χ2v) is 4.82. The van der Waals surface area contributed by atoms with E-state index in [1.54, 1.807) is 17.0 Å². The fourth-order valence-corrected chi connectivity index (χ4v) is 1.98. The zero-order chi connectivity index (χ0) is 13.7. The Bertz CT molecular complexity index is 403. The summed E-state index contributed by atoms with van der Waals surface area (Å²) < 4.78 is 13.5. The van der Waals surface area contributed by atoms with E-state index in [2.05, 4.69) is 0 Å². The standard InChI is InChI=1S/C13H17ClFNO2/c1-9(2)16(8-13(17)18)7-6-10-11(14)4-3-5-12(10)15/h3-5,9H,6-8H2,1-2H3,(H,17,18). The summed E-state index contributed by atoms with van der Waals surface area (Å²) in [5.41, 5.74) is 0.440. The van der Waals surface area contributed by atoms with Gasteiger partial charge in [0.15, 0.2) is 0 Å². The highest BCUT2D eigenvalue weighted by molar-refractivity contribution is 6.31. The summed E-state index contributed by atoms with van der Waals surface area (Å²) in [6, 6.07) is 4.64. The van der Waals surface area contributed by atoms with E-state index in [0.29, 0.717) is 23.6 Å². The van der Waals surface area contributed by atoms with E-state index in [1.165, 1.54) is 6.07 Å². The van der Waals surface area contributed by atoms with Gasteiger partial charge in [0.1, 0.15) is 5.82 Å². The predicted octanol–water partition coefficient (Wildman–Crippen LogP) is 2.82. The smallest absolute Gasteiger partial charge is 0.317 e. The fraction of sp³-hybridized carbons (Fsp3) is 0.462. The van der Waals surface area contributed by atoms with Gasteiger partial charge in [-0.3, -0.25) is 9.69 Å². The molecule has 0 aromatic heterocycles. The van der Waals surface area contributed by atoms with Crippen molar-refractivity contribution in [1.82, 2.24) is 4.90 Å². The molecule has 0 aliphatic carbocycles. The molecular weight excluding hydrogens is 257 g/mol. The van der Waals surface area contributed by atoms with Gasteiger partial charge in [-0.2, -0.15) is 0 Å². The lowest BCUT2D eigenvalue weighted by Crippen LogP contribution is -2.37. The monoisotopic (exact) mass is 273 g/mol. The average Bonchev–Trinajstić information content (AvgIpc) is 2.26. The van der Waals surface area contributed by atoms with Crippen molar-refractivity contribution in [3.8, 4) is 0 Å². The van der Waals surface area contributed by atoms with Crippen LogP contribution in [0.25, 0.3) is 0 Å². The Morgan fingerprint density at radius 2 is 2.17 bits per heavy atom. The molecule has 0 atom stereocenters. The summed E-state index contributed by atoms with van der Waals surface area (Å²) in [5, 5.41) is 9.18. The second kappa shape index (κ2) is 6.71. The van der Waals surface area contributed by atoms with Gasteiger partial charge in [0.25, 0.3) is 0 Å². The summed E-state index contributed by atoms with van der Waals surface area (Å²) in [4.78, 5) is 12.5. The van der Waals surface area contributed by atoms with Gasteiger partial charge >= 0.3 is 5.97 Å². The molecule has 0 fully saturated rings. The third-order valence-corrected chi connectivity index (χ3v) is 3.13. The van der Waals surface area contributed by atoms with Gasteiger partial charge in [0, 0.05) is 23.2 Å². The Balaban J connectivity index is 2.70. The molecule has 0 bridgehead atoms. The highest BCUT2D eigenvalue weighted by Crippen LogP contribution is 2.19. The lowest BCUT2D eigenvalue weighted by molar-refractivity contribution is -0.138. The first kappa shape index (κ1) is 14.9. The molecule has 0 unspecified atom stereocenters. The van der Waals surface area contributed by atoms with Crippen LogP contribution in [0.3, 0.4) is 0 Å². The predicted molar refractivity (Wildman–Crippen MR) is 69.5 cm³/mol. The largest absolute Gasteiger partial charge is 0.480 e. The maximum absolute atomic E-state index is 13.5. The van der Waals surface area contributed by atoms with Crippen molar-refractivity contribution >= 4 is 17.6 Å². The maximum Gasteiger partial charge on any atom is 0.317 e. The first-order valence-corrected chi connectivity index (χ1v) is 6.18. The minimum Gasteiger partial charge on any atom is -0.480 e. The Labute approximate surface area is 111 Å². The Hall–Kier alpha value is -1.13. The number of benzene rings is 1. The van der Waals surface area contributed by atoms with E-state index in [-0.39, 0.29) is 18.4 Å². The molecule has 100 valence electrons. The van der Waals surface area contributed by atoms with Gasteiger partial charge in [-0.25, -0.2) is 4.39 Å². The molecule has 0 saturated carbocycles. The lowest BCUT2D eigenvalue weighted by atomic mass is 10.1. The maximum atomic E-state index is 13.5. The molecule has 1 aromatic rings.